The maximum absolute atomic E-state index is 6.08. The average molecular weight is 301 g/mol. The highest BCUT2D eigenvalue weighted by Gasteiger charge is 2.25. The van der Waals surface area contributed by atoms with Gasteiger partial charge in [-0.1, -0.05) is 31.2 Å². The molecule has 1 aliphatic heterocycles. The summed E-state index contributed by atoms with van der Waals surface area (Å²) in [5, 5.41) is 8.14. The third-order valence-corrected chi connectivity index (χ3v) is 5.14. The molecular formula is C18H23NOS. The summed E-state index contributed by atoms with van der Waals surface area (Å²) in [5.74, 6) is 0. The van der Waals surface area contributed by atoms with E-state index in [-0.39, 0.29) is 6.10 Å². The molecule has 2 nitrogen and oxygen atoms in total. The fourth-order valence-corrected chi connectivity index (χ4v) is 4.08. The van der Waals surface area contributed by atoms with Crippen LogP contribution in [0, 0.1) is 6.92 Å². The SMILES string of the molecule is CCNC(CC1OCCc2ccccc21)c1cscc1C. The molecule has 0 fully saturated rings. The molecule has 1 aliphatic rings. The Morgan fingerprint density at radius 3 is 2.95 bits per heavy atom. The zero-order valence-electron chi connectivity index (χ0n) is 12.8. The first-order valence-electron chi connectivity index (χ1n) is 7.75. The molecule has 0 radical (unpaired) electrons. The van der Waals surface area contributed by atoms with Crippen molar-refractivity contribution < 1.29 is 4.74 Å². The van der Waals surface area contributed by atoms with Crippen LogP contribution in [0.3, 0.4) is 0 Å². The smallest absolute Gasteiger partial charge is 0.0845 e. The lowest BCUT2D eigenvalue weighted by molar-refractivity contribution is 0.0294. The van der Waals surface area contributed by atoms with Gasteiger partial charge in [0, 0.05) is 6.04 Å². The van der Waals surface area contributed by atoms with Gasteiger partial charge in [0.2, 0.25) is 0 Å². The highest BCUT2D eigenvalue weighted by molar-refractivity contribution is 7.08. The van der Waals surface area contributed by atoms with E-state index in [0.29, 0.717) is 6.04 Å². The second-order valence-corrected chi connectivity index (χ2v) is 6.41. The van der Waals surface area contributed by atoms with Gasteiger partial charge < -0.3 is 10.1 Å². The topological polar surface area (TPSA) is 21.3 Å². The quantitative estimate of drug-likeness (QED) is 0.883. The van der Waals surface area contributed by atoms with E-state index in [2.05, 4.69) is 54.2 Å². The zero-order chi connectivity index (χ0) is 14.7. The first-order chi connectivity index (χ1) is 10.3. The highest BCUT2D eigenvalue weighted by Crippen LogP contribution is 2.35. The average Bonchev–Trinajstić information content (AvgIpc) is 2.93. The number of rotatable bonds is 5. The lowest BCUT2D eigenvalue weighted by Crippen LogP contribution is -2.26. The van der Waals surface area contributed by atoms with Crippen LogP contribution in [0.1, 0.15) is 47.7 Å². The number of hydrogen-bond donors (Lipinski definition) is 1. The van der Waals surface area contributed by atoms with Crippen molar-refractivity contribution in [3.63, 3.8) is 0 Å². The number of fused-ring (bicyclic) bond motifs is 1. The Labute approximate surface area is 131 Å². The minimum atomic E-state index is 0.207. The van der Waals surface area contributed by atoms with Crippen molar-refractivity contribution in [2.45, 2.75) is 38.8 Å². The van der Waals surface area contributed by atoms with Crippen molar-refractivity contribution >= 4 is 11.3 Å². The van der Waals surface area contributed by atoms with Gasteiger partial charge in [0.25, 0.3) is 0 Å². The van der Waals surface area contributed by atoms with Crippen LogP contribution >= 0.6 is 11.3 Å². The van der Waals surface area contributed by atoms with Crippen molar-refractivity contribution in [1.29, 1.82) is 0 Å². The Morgan fingerprint density at radius 2 is 2.19 bits per heavy atom. The van der Waals surface area contributed by atoms with Crippen LogP contribution in [0.5, 0.6) is 0 Å². The van der Waals surface area contributed by atoms with E-state index < -0.39 is 0 Å². The fourth-order valence-electron chi connectivity index (χ4n) is 3.18. The predicted molar refractivity (Wildman–Crippen MR) is 88.9 cm³/mol. The molecular weight excluding hydrogens is 278 g/mol. The standard InChI is InChI=1S/C18H23NOS/c1-3-19-17(16-12-21-11-13(16)2)10-18-15-7-5-4-6-14(15)8-9-20-18/h4-7,11-12,17-19H,3,8-10H2,1-2H3. The van der Waals surface area contributed by atoms with Crippen LogP contribution in [-0.4, -0.2) is 13.2 Å². The molecule has 2 unspecified atom stereocenters. The summed E-state index contributed by atoms with van der Waals surface area (Å²) >= 11 is 1.79. The van der Waals surface area contributed by atoms with Crippen LogP contribution < -0.4 is 5.32 Å². The van der Waals surface area contributed by atoms with Crippen LogP contribution in [-0.2, 0) is 11.2 Å². The Balaban J connectivity index is 1.83. The van der Waals surface area contributed by atoms with Gasteiger partial charge in [-0.05, 0) is 59.3 Å². The van der Waals surface area contributed by atoms with Crippen molar-refractivity contribution in [3.05, 3.63) is 57.3 Å². The molecule has 0 saturated heterocycles. The molecule has 0 saturated carbocycles. The van der Waals surface area contributed by atoms with Crippen molar-refractivity contribution in [2.24, 2.45) is 0 Å². The Kier molecular flexibility index (Phi) is 4.73. The summed E-state index contributed by atoms with van der Waals surface area (Å²) in [4.78, 5) is 0. The van der Waals surface area contributed by atoms with Crippen LogP contribution in [0.4, 0.5) is 0 Å². The Morgan fingerprint density at radius 1 is 1.33 bits per heavy atom. The summed E-state index contributed by atoms with van der Waals surface area (Å²) in [6.07, 6.45) is 2.25. The fraction of sp³-hybridized carbons (Fsp3) is 0.444. The summed E-state index contributed by atoms with van der Waals surface area (Å²) in [5.41, 5.74) is 5.63. The van der Waals surface area contributed by atoms with Gasteiger partial charge in [-0.15, -0.1) is 0 Å². The zero-order valence-corrected chi connectivity index (χ0v) is 13.6. The molecule has 0 amide bonds. The van der Waals surface area contributed by atoms with Gasteiger partial charge in [-0.25, -0.2) is 0 Å². The largest absolute Gasteiger partial charge is 0.373 e. The van der Waals surface area contributed by atoms with E-state index in [9.17, 15) is 0 Å². The Hall–Kier alpha value is -1.16. The van der Waals surface area contributed by atoms with E-state index in [4.69, 9.17) is 4.74 Å². The summed E-state index contributed by atoms with van der Waals surface area (Å²) < 4.78 is 6.08. The third-order valence-electron chi connectivity index (χ3n) is 4.26. The molecule has 0 bridgehead atoms. The van der Waals surface area contributed by atoms with Crippen LogP contribution in [0.15, 0.2) is 35.0 Å². The van der Waals surface area contributed by atoms with E-state index in [1.54, 1.807) is 11.3 Å². The molecule has 1 aromatic heterocycles. The second kappa shape index (κ2) is 6.73. The van der Waals surface area contributed by atoms with Gasteiger partial charge in [0.05, 0.1) is 12.7 Å². The molecule has 0 spiro atoms. The number of ether oxygens (including phenoxy) is 1. The maximum atomic E-state index is 6.08. The van der Waals surface area contributed by atoms with Gasteiger partial charge >= 0.3 is 0 Å². The van der Waals surface area contributed by atoms with E-state index in [0.717, 1.165) is 26.0 Å². The van der Waals surface area contributed by atoms with Crippen LogP contribution in [0.2, 0.25) is 0 Å². The second-order valence-electron chi connectivity index (χ2n) is 5.66. The molecule has 1 aromatic carbocycles. The molecule has 1 N–H and O–H groups in total. The Bertz CT molecular complexity index is 592. The summed E-state index contributed by atoms with van der Waals surface area (Å²) in [6, 6.07) is 9.09. The minimum Gasteiger partial charge on any atom is -0.373 e. The highest BCUT2D eigenvalue weighted by atomic mass is 32.1. The minimum absolute atomic E-state index is 0.207. The van der Waals surface area contributed by atoms with E-state index in [1.807, 2.05) is 0 Å². The molecule has 2 aromatic rings. The van der Waals surface area contributed by atoms with Crippen molar-refractivity contribution in [3.8, 4) is 0 Å². The van der Waals surface area contributed by atoms with Crippen LogP contribution in [0.25, 0.3) is 0 Å². The van der Waals surface area contributed by atoms with Crippen molar-refractivity contribution in [2.75, 3.05) is 13.2 Å². The number of hydrogen-bond acceptors (Lipinski definition) is 3. The normalized spacial score (nSPS) is 19.2. The number of benzene rings is 1. The molecule has 3 rings (SSSR count). The number of aryl methyl sites for hydroxylation is 1. The first-order valence-corrected chi connectivity index (χ1v) is 8.69. The summed E-state index contributed by atoms with van der Waals surface area (Å²) in [6.45, 7) is 6.19. The van der Waals surface area contributed by atoms with Gasteiger partial charge in [-0.3, -0.25) is 0 Å². The molecule has 112 valence electrons. The summed E-state index contributed by atoms with van der Waals surface area (Å²) in [7, 11) is 0. The van der Waals surface area contributed by atoms with Gasteiger partial charge in [0.1, 0.15) is 0 Å². The molecule has 2 atom stereocenters. The first kappa shape index (κ1) is 14.8. The monoisotopic (exact) mass is 301 g/mol. The maximum Gasteiger partial charge on any atom is 0.0845 e. The molecule has 21 heavy (non-hydrogen) atoms. The lowest BCUT2D eigenvalue weighted by Gasteiger charge is -2.30. The van der Waals surface area contributed by atoms with Gasteiger partial charge in [0.15, 0.2) is 0 Å². The lowest BCUT2D eigenvalue weighted by atomic mass is 9.91. The van der Waals surface area contributed by atoms with Gasteiger partial charge in [-0.2, -0.15) is 11.3 Å². The van der Waals surface area contributed by atoms with Crippen molar-refractivity contribution in [1.82, 2.24) is 5.32 Å². The van der Waals surface area contributed by atoms with E-state index in [1.165, 1.54) is 22.3 Å². The molecule has 3 heteroatoms. The molecule has 0 aliphatic carbocycles. The third kappa shape index (κ3) is 3.20. The number of nitrogens with one attached hydrogen (secondary N) is 1. The molecule has 2 heterocycles. The number of thiophene rings is 1. The van der Waals surface area contributed by atoms with E-state index >= 15 is 0 Å². The predicted octanol–water partition coefficient (Wildman–Crippen LogP) is 4.41.